The van der Waals surface area contributed by atoms with Crippen molar-refractivity contribution >= 4 is 6.41 Å². The molecule has 0 atom stereocenters. The Morgan fingerprint density at radius 3 is 1.75 bits per heavy atom. The van der Waals surface area contributed by atoms with Gasteiger partial charge in [-0.3, -0.25) is 0 Å². The summed E-state index contributed by atoms with van der Waals surface area (Å²) in [5.41, 5.74) is 5.53. The van der Waals surface area contributed by atoms with Crippen LogP contribution in [0, 0.1) is 0 Å². The smallest absolute Gasteiger partial charge is 0.0344 e. The molecule has 0 aromatic heterocycles. The molecule has 1 N–H and O–H groups in total. The molecule has 0 bridgehead atoms. The van der Waals surface area contributed by atoms with E-state index in [1.54, 1.807) is 0 Å². The number of carbonyl (C=O) groups excluding carboxylic acids is 1. The van der Waals surface area contributed by atoms with Crippen molar-refractivity contribution in [2.75, 3.05) is 0 Å². The Balaban J connectivity index is 0. The van der Waals surface area contributed by atoms with Crippen molar-refractivity contribution in [3.8, 4) is 0 Å². The van der Waals surface area contributed by atoms with Gasteiger partial charge in [0.2, 0.25) is 0 Å². The van der Waals surface area contributed by atoms with Crippen LogP contribution < -0.4 is 0 Å². The minimum Gasteiger partial charge on any atom is -0.671 e. The second-order valence-electron chi connectivity index (χ2n) is 0.118. The second-order valence-corrected chi connectivity index (χ2v) is 0.118. The average Bonchev–Trinajstić information content (AvgIpc) is 0.918. The van der Waals surface area contributed by atoms with Crippen molar-refractivity contribution in [2.45, 2.75) is 0 Å². The van der Waals surface area contributed by atoms with Crippen LogP contribution in [0.1, 0.15) is 0 Å². The molecule has 0 unspecified atom stereocenters. The van der Waals surface area contributed by atoms with Gasteiger partial charge in [0.25, 0.3) is 0 Å². The molecule has 0 spiro atoms. The zero-order valence-corrected chi connectivity index (χ0v) is 3.90. The van der Waals surface area contributed by atoms with Gasteiger partial charge in [0.05, 0.1) is 0 Å². The van der Waals surface area contributed by atoms with Gasteiger partial charge in [0.1, 0.15) is 0 Å². The predicted molar refractivity (Wildman–Crippen MR) is 10.4 cm³/mol. The maximum atomic E-state index is 8.47. The SMILES string of the molecule is [Mo].[NH-]C=O. The van der Waals surface area contributed by atoms with Gasteiger partial charge < -0.3 is 10.5 Å². The van der Waals surface area contributed by atoms with Gasteiger partial charge in [-0.05, 0) is 0 Å². The molecule has 0 saturated carbocycles. The van der Waals surface area contributed by atoms with Crippen LogP contribution in [-0.2, 0) is 25.9 Å². The molecule has 1 amide bonds. The summed E-state index contributed by atoms with van der Waals surface area (Å²) in [6.07, 6.45) is 0. The maximum Gasteiger partial charge on any atom is 0.0344 e. The van der Waals surface area contributed by atoms with Gasteiger partial charge in [-0.2, -0.15) is 0 Å². The quantitative estimate of drug-likeness (QED) is 0.349. The normalized spacial score (nSPS) is 3.00. The number of amides is 1. The second kappa shape index (κ2) is 11.0. The van der Waals surface area contributed by atoms with E-state index in [0.717, 1.165) is 0 Å². The first-order chi connectivity index (χ1) is 1.41. The zero-order chi connectivity index (χ0) is 2.71. The van der Waals surface area contributed by atoms with Gasteiger partial charge >= 0.3 is 0 Å². The van der Waals surface area contributed by atoms with E-state index >= 15 is 0 Å². The molecular formula is CH2MoNO-. The summed E-state index contributed by atoms with van der Waals surface area (Å²) in [7, 11) is 0. The van der Waals surface area contributed by atoms with Crippen LogP contribution in [-0.4, -0.2) is 6.41 Å². The van der Waals surface area contributed by atoms with Crippen LogP contribution in [0.25, 0.3) is 5.73 Å². The third-order valence-corrected chi connectivity index (χ3v) is 0. The van der Waals surface area contributed by atoms with Crippen LogP contribution in [0.3, 0.4) is 0 Å². The van der Waals surface area contributed by atoms with E-state index < -0.39 is 0 Å². The van der Waals surface area contributed by atoms with E-state index in [4.69, 9.17) is 10.5 Å². The van der Waals surface area contributed by atoms with Crippen molar-refractivity contribution in [3.05, 3.63) is 5.73 Å². The van der Waals surface area contributed by atoms with Gasteiger partial charge in [-0.1, -0.05) is 0 Å². The summed E-state index contributed by atoms with van der Waals surface area (Å²) in [4.78, 5) is 8.47. The first-order valence-corrected chi connectivity index (χ1v) is 0.524. The largest absolute Gasteiger partial charge is 0.671 e. The fourth-order valence-corrected chi connectivity index (χ4v) is 0. The molecule has 0 aromatic rings. The van der Waals surface area contributed by atoms with Crippen molar-refractivity contribution in [1.82, 2.24) is 0 Å². The molecule has 0 rings (SSSR count). The predicted octanol–water partition coefficient (Wildman–Crippen LogP) is 0.193. The molecule has 0 aliphatic carbocycles. The summed E-state index contributed by atoms with van der Waals surface area (Å²) in [5.74, 6) is 0. The molecule has 0 saturated heterocycles. The monoisotopic (exact) mass is 142 g/mol. The van der Waals surface area contributed by atoms with Crippen LogP contribution in [0.5, 0.6) is 0 Å². The Labute approximate surface area is 38.6 Å². The zero-order valence-electron chi connectivity index (χ0n) is 1.89. The summed E-state index contributed by atoms with van der Waals surface area (Å²) in [6.45, 7) is 0. The van der Waals surface area contributed by atoms with E-state index in [2.05, 4.69) is 0 Å². The van der Waals surface area contributed by atoms with E-state index in [9.17, 15) is 0 Å². The van der Waals surface area contributed by atoms with Crippen LogP contribution in [0.15, 0.2) is 0 Å². The number of rotatable bonds is 0. The first kappa shape index (κ1) is 8.90. The van der Waals surface area contributed by atoms with E-state index in [-0.39, 0.29) is 27.5 Å². The summed E-state index contributed by atoms with van der Waals surface area (Å²) >= 11 is 0. The molecule has 3 heteroatoms. The summed E-state index contributed by atoms with van der Waals surface area (Å²) < 4.78 is 0. The topological polar surface area (TPSA) is 40.9 Å². The average molecular weight is 140 g/mol. The Morgan fingerprint density at radius 2 is 1.75 bits per heavy atom. The van der Waals surface area contributed by atoms with Crippen LogP contribution in [0.4, 0.5) is 0 Å². The van der Waals surface area contributed by atoms with Crippen molar-refractivity contribution in [3.63, 3.8) is 0 Å². The number of hydrogen-bond donors (Lipinski definition) is 0. The fourth-order valence-electron chi connectivity index (χ4n) is 0. The van der Waals surface area contributed by atoms with Gasteiger partial charge in [-0.25, -0.2) is 0 Å². The van der Waals surface area contributed by atoms with Crippen molar-refractivity contribution in [1.29, 1.82) is 0 Å². The molecule has 0 aromatic carbocycles. The molecule has 2 nitrogen and oxygen atoms in total. The molecule has 0 aliphatic heterocycles. The Kier molecular flexibility index (Phi) is 24.4. The molecule has 0 heterocycles. The van der Waals surface area contributed by atoms with Crippen molar-refractivity contribution < 1.29 is 25.9 Å². The van der Waals surface area contributed by atoms with Gasteiger partial charge in [0, 0.05) is 27.5 Å². The molecule has 24 valence electrons. The molecule has 0 aliphatic rings. The van der Waals surface area contributed by atoms with Crippen LogP contribution in [0.2, 0.25) is 0 Å². The summed E-state index contributed by atoms with van der Waals surface area (Å²) in [5, 5.41) is 0. The van der Waals surface area contributed by atoms with E-state index in [1.807, 2.05) is 0 Å². The minimum absolute atomic E-state index is 0. The van der Waals surface area contributed by atoms with E-state index in [0.29, 0.717) is 0 Å². The van der Waals surface area contributed by atoms with Crippen molar-refractivity contribution in [2.24, 2.45) is 0 Å². The van der Waals surface area contributed by atoms with Crippen LogP contribution >= 0.6 is 0 Å². The van der Waals surface area contributed by atoms with Gasteiger partial charge in [-0.15, -0.1) is 0 Å². The van der Waals surface area contributed by atoms with Gasteiger partial charge in [0.15, 0.2) is 0 Å². The number of nitrogens with one attached hydrogen (secondary N) is 1. The Bertz CT molecular complexity index is 15.5. The third-order valence-electron chi connectivity index (χ3n) is 0. The standard InChI is InChI=1S/CH3NO.Mo/c2-1-3;/h1H,(H2,2,3);/p-1. The third kappa shape index (κ3) is 116. The first-order valence-electron chi connectivity index (χ1n) is 0.524. The minimum atomic E-state index is 0. The molecule has 4 heavy (non-hydrogen) atoms. The molecule has 0 radical (unpaired) electrons. The molecule has 0 fully saturated rings. The summed E-state index contributed by atoms with van der Waals surface area (Å²) in [6, 6.07) is 0. The maximum absolute atomic E-state index is 8.47. The molecular weight excluding hydrogens is 138 g/mol. The Hall–Kier alpha value is 0.158. The fraction of sp³-hybridized carbons (Fsp3) is 0. The number of hydrogen-bond acceptors (Lipinski definition) is 1. The Morgan fingerprint density at radius 1 is 1.75 bits per heavy atom. The number of carbonyl (C=O) groups is 1. The van der Waals surface area contributed by atoms with E-state index in [1.165, 1.54) is 0 Å².